The molecule has 2 aromatic rings. The standard InChI is InChI=1S/C15H16O4/c16-12-6-4-10(8-14(12)18)2-1-3-11-5-7-13(17)15(19)9-11/h4-9,16-19H,1-3H2. The second kappa shape index (κ2) is 5.52. The zero-order valence-corrected chi connectivity index (χ0v) is 10.4. The Morgan fingerprint density at radius 2 is 1.00 bits per heavy atom. The summed E-state index contributed by atoms with van der Waals surface area (Å²) in [6, 6.07) is 9.56. The molecule has 0 spiro atoms. The summed E-state index contributed by atoms with van der Waals surface area (Å²) >= 11 is 0. The fourth-order valence-electron chi connectivity index (χ4n) is 1.95. The molecule has 0 saturated heterocycles. The summed E-state index contributed by atoms with van der Waals surface area (Å²) in [6.45, 7) is 0. The van der Waals surface area contributed by atoms with Gasteiger partial charge in [-0.15, -0.1) is 0 Å². The van der Waals surface area contributed by atoms with Gasteiger partial charge in [-0.05, 0) is 54.7 Å². The van der Waals surface area contributed by atoms with Crippen LogP contribution in [0.25, 0.3) is 0 Å². The van der Waals surface area contributed by atoms with Crippen LogP contribution in [0.3, 0.4) is 0 Å². The fraction of sp³-hybridized carbons (Fsp3) is 0.200. The topological polar surface area (TPSA) is 80.9 Å². The van der Waals surface area contributed by atoms with E-state index < -0.39 is 0 Å². The highest BCUT2D eigenvalue weighted by atomic mass is 16.3. The zero-order chi connectivity index (χ0) is 13.8. The molecule has 0 radical (unpaired) electrons. The van der Waals surface area contributed by atoms with E-state index in [0.29, 0.717) is 0 Å². The predicted molar refractivity (Wildman–Crippen MR) is 71.6 cm³/mol. The maximum Gasteiger partial charge on any atom is 0.157 e. The highest BCUT2D eigenvalue weighted by Gasteiger charge is 2.03. The minimum absolute atomic E-state index is 0.111. The summed E-state index contributed by atoms with van der Waals surface area (Å²) < 4.78 is 0. The van der Waals surface area contributed by atoms with Gasteiger partial charge in [-0.25, -0.2) is 0 Å². The molecule has 0 aromatic heterocycles. The van der Waals surface area contributed by atoms with Crippen molar-refractivity contribution >= 4 is 0 Å². The lowest BCUT2D eigenvalue weighted by molar-refractivity contribution is 0.402. The van der Waals surface area contributed by atoms with Gasteiger partial charge in [0, 0.05) is 0 Å². The predicted octanol–water partition coefficient (Wildman–Crippen LogP) is 2.68. The van der Waals surface area contributed by atoms with Gasteiger partial charge < -0.3 is 20.4 Å². The molecule has 0 aliphatic carbocycles. The molecule has 19 heavy (non-hydrogen) atoms. The molecule has 4 heteroatoms. The van der Waals surface area contributed by atoms with Crippen molar-refractivity contribution in [3.8, 4) is 23.0 Å². The molecule has 0 unspecified atom stereocenters. The van der Waals surface area contributed by atoms with Gasteiger partial charge in [0.1, 0.15) is 0 Å². The SMILES string of the molecule is Oc1ccc(CCCc2ccc(O)c(O)c2)cc1O. The lowest BCUT2D eigenvalue weighted by atomic mass is 10.0. The highest BCUT2D eigenvalue weighted by molar-refractivity contribution is 5.41. The van der Waals surface area contributed by atoms with E-state index in [2.05, 4.69) is 0 Å². The molecule has 0 amide bonds. The van der Waals surface area contributed by atoms with E-state index in [-0.39, 0.29) is 23.0 Å². The number of hydrogen-bond donors (Lipinski definition) is 4. The van der Waals surface area contributed by atoms with Crippen molar-refractivity contribution in [3.63, 3.8) is 0 Å². The van der Waals surface area contributed by atoms with Crippen molar-refractivity contribution in [1.29, 1.82) is 0 Å². The van der Waals surface area contributed by atoms with Crippen molar-refractivity contribution in [2.24, 2.45) is 0 Å². The van der Waals surface area contributed by atoms with Gasteiger partial charge >= 0.3 is 0 Å². The number of aromatic hydroxyl groups is 4. The van der Waals surface area contributed by atoms with Gasteiger partial charge in [0.15, 0.2) is 23.0 Å². The largest absolute Gasteiger partial charge is 0.504 e. The van der Waals surface area contributed by atoms with Crippen LogP contribution in [0.4, 0.5) is 0 Å². The first-order valence-electron chi connectivity index (χ1n) is 6.08. The van der Waals surface area contributed by atoms with Crippen LogP contribution in [0.2, 0.25) is 0 Å². The second-order valence-corrected chi connectivity index (χ2v) is 4.50. The first kappa shape index (κ1) is 13.1. The normalized spacial score (nSPS) is 10.5. The van der Waals surface area contributed by atoms with Gasteiger partial charge in [-0.3, -0.25) is 0 Å². The van der Waals surface area contributed by atoms with Crippen molar-refractivity contribution < 1.29 is 20.4 Å². The molecule has 0 saturated carbocycles. The van der Waals surface area contributed by atoms with E-state index in [1.54, 1.807) is 24.3 Å². The van der Waals surface area contributed by atoms with Crippen LogP contribution < -0.4 is 0 Å². The Labute approximate surface area is 111 Å². The lowest BCUT2D eigenvalue weighted by Gasteiger charge is -2.05. The average molecular weight is 260 g/mol. The van der Waals surface area contributed by atoms with Gasteiger partial charge in [0.25, 0.3) is 0 Å². The van der Waals surface area contributed by atoms with E-state index in [1.807, 2.05) is 0 Å². The van der Waals surface area contributed by atoms with E-state index in [9.17, 15) is 20.4 Å². The summed E-state index contributed by atoms with van der Waals surface area (Å²) in [5.74, 6) is -0.459. The van der Waals surface area contributed by atoms with Crippen LogP contribution in [-0.4, -0.2) is 20.4 Å². The Hall–Kier alpha value is -2.36. The molecular formula is C15H16O4. The van der Waals surface area contributed by atoms with Crippen LogP contribution in [0.5, 0.6) is 23.0 Å². The van der Waals surface area contributed by atoms with Gasteiger partial charge in [0.05, 0.1) is 0 Å². The number of phenols is 4. The van der Waals surface area contributed by atoms with Crippen LogP contribution in [0.15, 0.2) is 36.4 Å². The third-order valence-corrected chi connectivity index (χ3v) is 3.01. The molecule has 2 aromatic carbocycles. The Balaban J connectivity index is 1.92. The summed E-state index contributed by atoms with van der Waals surface area (Å²) in [6.07, 6.45) is 2.36. The van der Waals surface area contributed by atoms with Crippen molar-refractivity contribution in [2.75, 3.05) is 0 Å². The maximum atomic E-state index is 9.37. The molecule has 0 heterocycles. The number of rotatable bonds is 4. The number of benzene rings is 2. The highest BCUT2D eigenvalue weighted by Crippen LogP contribution is 2.27. The molecule has 0 aliphatic rings. The van der Waals surface area contributed by atoms with Crippen molar-refractivity contribution in [2.45, 2.75) is 19.3 Å². The Morgan fingerprint density at radius 3 is 1.37 bits per heavy atom. The fourth-order valence-corrected chi connectivity index (χ4v) is 1.95. The molecule has 4 N–H and O–H groups in total. The minimum atomic E-state index is -0.118. The molecule has 0 atom stereocenters. The summed E-state index contributed by atoms with van der Waals surface area (Å²) in [5, 5.41) is 37.1. The molecule has 0 bridgehead atoms. The van der Waals surface area contributed by atoms with Crippen molar-refractivity contribution in [1.82, 2.24) is 0 Å². The number of aryl methyl sites for hydroxylation is 2. The monoisotopic (exact) mass is 260 g/mol. The van der Waals surface area contributed by atoms with Crippen LogP contribution in [0.1, 0.15) is 17.5 Å². The van der Waals surface area contributed by atoms with Gasteiger partial charge in [-0.2, -0.15) is 0 Å². The molecular weight excluding hydrogens is 244 g/mol. The van der Waals surface area contributed by atoms with E-state index in [4.69, 9.17) is 0 Å². The molecule has 2 rings (SSSR count). The lowest BCUT2D eigenvalue weighted by Crippen LogP contribution is -1.90. The van der Waals surface area contributed by atoms with E-state index in [1.165, 1.54) is 12.1 Å². The van der Waals surface area contributed by atoms with E-state index in [0.717, 1.165) is 30.4 Å². The first-order chi connectivity index (χ1) is 9.06. The van der Waals surface area contributed by atoms with Crippen LogP contribution in [-0.2, 0) is 12.8 Å². The first-order valence-corrected chi connectivity index (χ1v) is 6.08. The van der Waals surface area contributed by atoms with Crippen LogP contribution in [0, 0.1) is 0 Å². The maximum absolute atomic E-state index is 9.37. The van der Waals surface area contributed by atoms with E-state index >= 15 is 0 Å². The van der Waals surface area contributed by atoms with Crippen LogP contribution >= 0.6 is 0 Å². The summed E-state index contributed by atoms with van der Waals surface area (Å²) in [5.41, 5.74) is 1.89. The Bertz CT molecular complexity index is 527. The zero-order valence-electron chi connectivity index (χ0n) is 10.4. The number of hydrogen-bond acceptors (Lipinski definition) is 4. The summed E-state index contributed by atoms with van der Waals surface area (Å²) in [4.78, 5) is 0. The quantitative estimate of drug-likeness (QED) is 0.637. The third-order valence-electron chi connectivity index (χ3n) is 3.01. The molecule has 4 nitrogen and oxygen atoms in total. The minimum Gasteiger partial charge on any atom is -0.504 e. The third kappa shape index (κ3) is 3.31. The number of phenolic OH excluding ortho intramolecular Hbond substituents is 4. The smallest absolute Gasteiger partial charge is 0.157 e. The summed E-state index contributed by atoms with van der Waals surface area (Å²) in [7, 11) is 0. The molecule has 0 fully saturated rings. The molecule has 100 valence electrons. The molecule has 0 aliphatic heterocycles. The van der Waals surface area contributed by atoms with Crippen molar-refractivity contribution in [3.05, 3.63) is 47.5 Å². The Kier molecular flexibility index (Phi) is 3.80. The average Bonchev–Trinajstić information content (AvgIpc) is 2.38. The second-order valence-electron chi connectivity index (χ2n) is 4.50. The Morgan fingerprint density at radius 1 is 0.579 bits per heavy atom. The van der Waals surface area contributed by atoms with Gasteiger partial charge in [0.2, 0.25) is 0 Å². The van der Waals surface area contributed by atoms with Gasteiger partial charge in [-0.1, -0.05) is 12.1 Å².